The molecule has 3 aromatic rings. The second-order valence-corrected chi connectivity index (χ2v) is 7.38. The maximum atomic E-state index is 11.1. The van der Waals surface area contributed by atoms with Gasteiger partial charge in [-0.15, -0.1) is 5.10 Å². The number of aliphatic hydroxyl groups excluding tert-OH is 1. The van der Waals surface area contributed by atoms with Gasteiger partial charge in [0.05, 0.1) is 20.3 Å². The number of methoxy groups -OCH3 is 2. The quantitative estimate of drug-likeness (QED) is 0.452. The van der Waals surface area contributed by atoms with Gasteiger partial charge in [0.25, 0.3) is 0 Å². The highest BCUT2D eigenvalue weighted by molar-refractivity contribution is 7.99. The second kappa shape index (κ2) is 10.6. The molecule has 0 radical (unpaired) electrons. The zero-order valence-electron chi connectivity index (χ0n) is 17.3. The van der Waals surface area contributed by atoms with Crippen LogP contribution < -0.4 is 19.5 Å². The molecule has 2 N–H and O–H groups in total. The van der Waals surface area contributed by atoms with Crippen molar-refractivity contribution in [1.29, 1.82) is 0 Å². The van der Waals surface area contributed by atoms with Gasteiger partial charge in [0.1, 0.15) is 29.5 Å². The van der Waals surface area contributed by atoms with E-state index in [0.717, 1.165) is 0 Å². The molecule has 11 heteroatoms. The minimum atomic E-state index is -0.752. The molecule has 164 valence electrons. The van der Waals surface area contributed by atoms with Crippen LogP contribution in [0.25, 0.3) is 5.69 Å². The Hall–Kier alpha value is -3.31. The molecule has 1 heterocycles. The summed E-state index contributed by atoms with van der Waals surface area (Å²) < 4.78 is 17.8. The van der Waals surface area contributed by atoms with Crippen molar-refractivity contribution in [1.82, 2.24) is 20.2 Å². The number of ether oxygens (including phenoxy) is 3. The van der Waals surface area contributed by atoms with E-state index in [1.807, 2.05) is 0 Å². The Kier molecular flexibility index (Phi) is 7.68. The number of aliphatic hydroxyl groups is 1. The van der Waals surface area contributed by atoms with Gasteiger partial charge in [-0.05, 0) is 46.8 Å². The van der Waals surface area contributed by atoms with E-state index in [2.05, 4.69) is 20.8 Å². The zero-order chi connectivity index (χ0) is 22.2. The summed E-state index contributed by atoms with van der Waals surface area (Å²) in [6.45, 7) is 1.54. The highest BCUT2D eigenvalue weighted by atomic mass is 32.2. The van der Waals surface area contributed by atoms with E-state index in [-0.39, 0.29) is 12.5 Å². The van der Waals surface area contributed by atoms with Gasteiger partial charge in [0, 0.05) is 24.4 Å². The molecule has 1 atom stereocenters. The predicted molar refractivity (Wildman–Crippen MR) is 115 cm³/mol. The summed E-state index contributed by atoms with van der Waals surface area (Å²) in [4.78, 5) is 11.1. The zero-order valence-corrected chi connectivity index (χ0v) is 18.1. The number of carbonyl (C=O) groups excluding carboxylic acids is 1. The summed E-state index contributed by atoms with van der Waals surface area (Å²) >= 11 is 1.29. The fraction of sp³-hybridized carbons (Fsp3) is 0.300. The van der Waals surface area contributed by atoms with Crippen LogP contribution in [0.1, 0.15) is 6.92 Å². The number of rotatable bonds is 10. The lowest BCUT2D eigenvalue weighted by Crippen LogP contribution is -2.20. The van der Waals surface area contributed by atoms with Crippen molar-refractivity contribution >= 4 is 23.4 Å². The van der Waals surface area contributed by atoms with Gasteiger partial charge >= 0.3 is 0 Å². The van der Waals surface area contributed by atoms with Crippen LogP contribution in [0.3, 0.4) is 0 Å². The molecule has 0 saturated heterocycles. The summed E-state index contributed by atoms with van der Waals surface area (Å²) in [6, 6.07) is 12.2. The molecule has 0 aliphatic carbocycles. The third-order valence-electron chi connectivity index (χ3n) is 4.08. The summed E-state index contributed by atoms with van der Waals surface area (Å²) in [7, 11) is 3.14. The fourth-order valence-electron chi connectivity index (χ4n) is 2.63. The lowest BCUT2D eigenvalue weighted by atomic mass is 10.3. The number of anilines is 1. The molecule has 0 spiro atoms. The molecular formula is C20H23N5O5S. The number of aromatic nitrogens is 4. The highest BCUT2D eigenvalue weighted by Crippen LogP contribution is 2.29. The van der Waals surface area contributed by atoms with Crippen molar-refractivity contribution < 1.29 is 24.1 Å². The Labute approximate surface area is 183 Å². The van der Waals surface area contributed by atoms with E-state index in [4.69, 9.17) is 14.2 Å². The molecule has 1 amide bonds. The van der Waals surface area contributed by atoms with E-state index < -0.39 is 6.10 Å². The third kappa shape index (κ3) is 6.09. The van der Waals surface area contributed by atoms with Crippen LogP contribution in [0, 0.1) is 0 Å². The summed E-state index contributed by atoms with van der Waals surface area (Å²) in [5, 5.41) is 25.3. The normalized spacial score (nSPS) is 11.6. The average molecular weight is 446 g/mol. The fourth-order valence-corrected chi connectivity index (χ4v) is 3.42. The van der Waals surface area contributed by atoms with Gasteiger partial charge in [-0.25, -0.2) is 0 Å². The van der Waals surface area contributed by atoms with Gasteiger partial charge in [0.2, 0.25) is 11.1 Å². The molecule has 0 fully saturated rings. The van der Waals surface area contributed by atoms with Gasteiger partial charge < -0.3 is 24.6 Å². The van der Waals surface area contributed by atoms with Crippen LogP contribution in [0.15, 0.2) is 47.6 Å². The Balaban J connectivity index is 1.58. The van der Waals surface area contributed by atoms with Crippen molar-refractivity contribution in [2.45, 2.75) is 18.2 Å². The summed E-state index contributed by atoms with van der Waals surface area (Å²) in [5.74, 6) is 1.98. The van der Waals surface area contributed by atoms with Gasteiger partial charge in [0.15, 0.2) is 0 Å². The topological polar surface area (TPSA) is 121 Å². The number of amides is 1. The molecule has 1 unspecified atom stereocenters. The van der Waals surface area contributed by atoms with Crippen molar-refractivity contribution in [2.75, 3.05) is 31.9 Å². The van der Waals surface area contributed by atoms with E-state index >= 15 is 0 Å². The third-order valence-corrected chi connectivity index (χ3v) is 5.14. The molecule has 0 aliphatic heterocycles. The van der Waals surface area contributed by atoms with E-state index in [1.54, 1.807) is 56.7 Å². The lowest BCUT2D eigenvalue weighted by molar-refractivity contribution is -0.114. The number of nitrogens with zero attached hydrogens (tertiary/aromatic N) is 4. The largest absolute Gasteiger partial charge is 0.497 e. The van der Waals surface area contributed by atoms with E-state index in [9.17, 15) is 9.90 Å². The summed E-state index contributed by atoms with van der Waals surface area (Å²) in [6.07, 6.45) is -0.752. The molecular weight excluding hydrogens is 422 g/mol. The van der Waals surface area contributed by atoms with Crippen LogP contribution in [0.5, 0.6) is 17.2 Å². The molecule has 1 aromatic heterocycles. The Morgan fingerprint density at radius 2 is 1.90 bits per heavy atom. The molecule has 0 aliphatic rings. The SMILES string of the molecule is COc1ccc(OC)c(-n2nnnc2SCC(O)COc2ccc(NC(C)=O)cc2)c1. The number of thioether (sulfide) groups is 1. The van der Waals surface area contributed by atoms with E-state index in [0.29, 0.717) is 39.5 Å². The molecule has 3 rings (SSSR count). The molecule has 2 aromatic carbocycles. The first kappa shape index (κ1) is 22.4. The molecule has 31 heavy (non-hydrogen) atoms. The average Bonchev–Trinajstić information content (AvgIpc) is 3.24. The lowest BCUT2D eigenvalue weighted by Gasteiger charge is -2.13. The first-order valence-electron chi connectivity index (χ1n) is 9.32. The first-order chi connectivity index (χ1) is 15.0. The van der Waals surface area contributed by atoms with Crippen LogP contribution in [0.4, 0.5) is 5.69 Å². The van der Waals surface area contributed by atoms with E-state index in [1.165, 1.54) is 23.4 Å². The predicted octanol–water partition coefficient (Wildman–Crippen LogP) is 2.17. The number of nitrogens with one attached hydrogen (secondary N) is 1. The number of tetrazole rings is 1. The minimum Gasteiger partial charge on any atom is -0.497 e. The number of benzene rings is 2. The van der Waals surface area contributed by atoms with Crippen molar-refractivity contribution in [3.05, 3.63) is 42.5 Å². The first-order valence-corrected chi connectivity index (χ1v) is 10.3. The van der Waals surface area contributed by atoms with Gasteiger partial charge in [-0.2, -0.15) is 4.68 Å². The Morgan fingerprint density at radius 3 is 2.58 bits per heavy atom. The smallest absolute Gasteiger partial charge is 0.221 e. The summed E-state index contributed by atoms with van der Waals surface area (Å²) in [5.41, 5.74) is 1.30. The van der Waals surface area contributed by atoms with Gasteiger partial charge in [-0.1, -0.05) is 11.8 Å². The molecule has 10 nitrogen and oxygen atoms in total. The standard InChI is InChI=1S/C20H23N5O5S/c1-13(26)21-14-4-6-16(7-5-14)30-11-15(27)12-31-20-22-23-24-25(20)18-10-17(28-2)8-9-19(18)29-3/h4-10,15,27H,11-12H2,1-3H3,(H,21,26). The van der Waals surface area contributed by atoms with Crippen LogP contribution >= 0.6 is 11.8 Å². The maximum absolute atomic E-state index is 11.1. The monoisotopic (exact) mass is 445 g/mol. The number of hydrogen-bond donors (Lipinski definition) is 2. The maximum Gasteiger partial charge on any atom is 0.221 e. The number of hydrogen-bond acceptors (Lipinski definition) is 9. The van der Waals surface area contributed by atoms with Crippen LogP contribution in [-0.2, 0) is 4.79 Å². The molecule has 0 bridgehead atoms. The van der Waals surface area contributed by atoms with Crippen LogP contribution in [-0.4, -0.2) is 63.9 Å². The van der Waals surface area contributed by atoms with Crippen molar-refractivity contribution in [3.63, 3.8) is 0 Å². The number of carbonyl (C=O) groups is 1. The minimum absolute atomic E-state index is 0.0938. The van der Waals surface area contributed by atoms with Crippen molar-refractivity contribution in [3.8, 4) is 22.9 Å². The molecule has 0 saturated carbocycles. The Bertz CT molecular complexity index is 1010. The van der Waals surface area contributed by atoms with Crippen LogP contribution in [0.2, 0.25) is 0 Å². The highest BCUT2D eigenvalue weighted by Gasteiger charge is 2.16. The van der Waals surface area contributed by atoms with Gasteiger partial charge in [-0.3, -0.25) is 4.79 Å². The second-order valence-electron chi connectivity index (χ2n) is 6.39. The Morgan fingerprint density at radius 1 is 1.16 bits per heavy atom. The van der Waals surface area contributed by atoms with Crippen molar-refractivity contribution in [2.24, 2.45) is 0 Å².